The topological polar surface area (TPSA) is 100 Å². The molecule has 0 atom stereocenters. The molecule has 36 heavy (non-hydrogen) atoms. The Morgan fingerprint density at radius 1 is 1.11 bits per heavy atom. The molecule has 3 N–H and O–H groups in total. The second-order valence-corrected chi connectivity index (χ2v) is 8.34. The van der Waals surface area contributed by atoms with E-state index in [-0.39, 0.29) is 16.8 Å². The molecule has 0 radical (unpaired) electrons. The minimum atomic E-state index is -4.55. The lowest BCUT2D eigenvalue weighted by atomic mass is 10.2. The molecular weight excluding hydrogens is 541 g/mol. The fraction of sp³-hybridized carbons (Fsp3) is 0.0800. The summed E-state index contributed by atoms with van der Waals surface area (Å²) in [6.45, 7) is -0.167. The van der Waals surface area contributed by atoms with E-state index in [4.69, 9.17) is 4.74 Å². The lowest BCUT2D eigenvalue weighted by molar-refractivity contribution is -0.138. The SMILES string of the molecule is O=C(/C=C/c1cccc(Oc2ccnc(-c3ncc(CO)[nH]3)c2)c1)Nc1ccc(Br)c(C(F)(F)F)c1. The van der Waals surface area contributed by atoms with E-state index in [0.29, 0.717) is 34.3 Å². The van der Waals surface area contributed by atoms with Crippen LogP contribution in [0.5, 0.6) is 11.5 Å². The maximum Gasteiger partial charge on any atom is 0.417 e. The molecule has 0 aliphatic rings. The maximum atomic E-state index is 13.1. The van der Waals surface area contributed by atoms with Crippen molar-refractivity contribution in [2.24, 2.45) is 0 Å². The number of nitrogens with zero attached hydrogens (tertiary/aromatic N) is 2. The molecule has 184 valence electrons. The van der Waals surface area contributed by atoms with E-state index in [0.717, 1.165) is 6.07 Å². The first kappa shape index (κ1) is 25.1. The predicted octanol–water partition coefficient (Wildman–Crippen LogP) is 6.19. The molecular formula is C25H18BrF3N4O3. The average molecular weight is 559 g/mol. The molecule has 0 spiro atoms. The third kappa shape index (κ3) is 6.37. The van der Waals surface area contributed by atoms with Crippen molar-refractivity contribution in [3.63, 3.8) is 0 Å². The van der Waals surface area contributed by atoms with Gasteiger partial charge in [-0.15, -0.1) is 0 Å². The van der Waals surface area contributed by atoms with Crippen LogP contribution in [0.2, 0.25) is 0 Å². The van der Waals surface area contributed by atoms with Crippen molar-refractivity contribution in [2.75, 3.05) is 5.32 Å². The molecule has 0 unspecified atom stereocenters. The van der Waals surface area contributed by atoms with Crippen molar-refractivity contribution in [1.29, 1.82) is 0 Å². The van der Waals surface area contributed by atoms with Gasteiger partial charge in [0.25, 0.3) is 0 Å². The molecule has 0 bridgehead atoms. The molecule has 0 fully saturated rings. The Kier molecular flexibility index (Phi) is 7.51. The van der Waals surface area contributed by atoms with Gasteiger partial charge < -0.3 is 20.1 Å². The fourth-order valence-corrected chi connectivity index (χ4v) is 3.64. The molecule has 4 aromatic rings. The number of aromatic nitrogens is 3. The summed E-state index contributed by atoms with van der Waals surface area (Å²) in [7, 11) is 0. The molecule has 0 aliphatic carbocycles. The van der Waals surface area contributed by atoms with Crippen molar-refractivity contribution >= 4 is 33.6 Å². The minimum absolute atomic E-state index is 0.0217. The number of hydrogen-bond acceptors (Lipinski definition) is 5. The fourth-order valence-electron chi connectivity index (χ4n) is 3.17. The van der Waals surface area contributed by atoms with Gasteiger partial charge in [0, 0.05) is 28.5 Å². The molecule has 4 rings (SSSR count). The largest absolute Gasteiger partial charge is 0.457 e. The number of nitrogens with one attached hydrogen (secondary N) is 2. The Balaban J connectivity index is 1.43. The van der Waals surface area contributed by atoms with Crippen molar-refractivity contribution < 1.29 is 27.8 Å². The van der Waals surface area contributed by atoms with Crippen LogP contribution >= 0.6 is 15.9 Å². The molecule has 7 nitrogen and oxygen atoms in total. The zero-order chi connectivity index (χ0) is 25.7. The van der Waals surface area contributed by atoms with Crippen LogP contribution in [-0.2, 0) is 17.6 Å². The third-order valence-corrected chi connectivity index (χ3v) is 5.52. The van der Waals surface area contributed by atoms with E-state index < -0.39 is 17.6 Å². The molecule has 2 heterocycles. The van der Waals surface area contributed by atoms with Gasteiger partial charge in [-0.2, -0.15) is 13.2 Å². The van der Waals surface area contributed by atoms with Crippen LogP contribution in [0.3, 0.4) is 0 Å². The molecule has 0 saturated carbocycles. The number of anilines is 1. The summed E-state index contributed by atoms with van der Waals surface area (Å²) in [5.74, 6) is 0.890. The van der Waals surface area contributed by atoms with E-state index in [1.807, 2.05) is 0 Å². The van der Waals surface area contributed by atoms with Gasteiger partial charge >= 0.3 is 6.18 Å². The Morgan fingerprint density at radius 3 is 2.67 bits per heavy atom. The van der Waals surface area contributed by atoms with Crippen molar-refractivity contribution in [3.8, 4) is 23.0 Å². The van der Waals surface area contributed by atoms with Gasteiger partial charge in [0.1, 0.15) is 17.2 Å². The standard InChI is InChI=1S/C25H18BrF3N4O3/c26-21-6-5-16(11-20(21)25(27,28)29)32-23(35)7-4-15-2-1-3-18(10-15)36-19-8-9-30-22(12-19)24-31-13-17(14-34)33-24/h1-13,34H,14H2,(H,31,33)(H,32,35)/b7-4+. The van der Waals surface area contributed by atoms with E-state index in [1.165, 1.54) is 30.5 Å². The van der Waals surface area contributed by atoms with Crippen LogP contribution in [0.4, 0.5) is 18.9 Å². The van der Waals surface area contributed by atoms with Crippen LogP contribution in [0.1, 0.15) is 16.8 Å². The quantitative estimate of drug-likeness (QED) is 0.235. The third-order valence-electron chi connectivity index (χ3n) is 4.83. The number of aliphatic hydroxyl groups excluding tert-OH is 1. The smallest absolute Gasteiger partial charge is 0.417 e. The van der Waals surface area contributed by atoms with Gasteiger partial charge in [-0.25, -0.2) is 4.98 Å². The second-order valence-electron chi connectivity index (χ2n) is 7.48. The van der Waals surface area contributed by atoms with E-state index in [1.54, 1.807) is 42.6 Å². The lowest BCUT2D eigenvalue weighted by Crippen LogP contribution is -2.11. The summed E-state index contributed by atoms with van der Waals surface area (Å²) in [6.07, 6.45) is 1.26. The number of carbonyl (C=O) groups is 1. The van der Waals surface area contributed by atoms with Crippen LogP contribution in [-0.4, -0.2) is 26.0 Å². The zero-order valence-electron chi connectivity index (χ0n) is 18.4. The number of halogens is 4. The number of rotatable bonds is 7. The minimum Gasteiger partial charge on any atom is -0.457 e. The highest BCUT2D eigenvalue weighted by Gasteiger charge is 2.33. The molecule has 1 amide bonds. The van der Waals surface area contributed by atoms with E-state index >= 15 is 0 Å². The number of benzene rings is 2. The normalized spacial score (nSPS) is 11.6. The van der Waals surface area contributed by atoms with Crippen LogP contribution in [0.25, 0.3) is 17.6 Å². The van der Waals surface area contributed by atoms with Crippen molar-refractivity contribution in [2.45, 2.75) is 12.8 Å². The second kappa shape index (κ2) is 10.8. The first-order valence-corrected chi connectivity index (χ1v) is 11.3. The number of aliphatic hydroxyl groups is 1. The number of carbonyl (C=O) groups excluding carboxylic acids is 1. The highest BCUT2D eigenvalue weighted by atomic mass is 79.9. The number of ether oxygens (including phenoxy) is 1. The summed E-state index contributed by atoms with van der Waals surface area (Å²) in [4.78, 5) is 23.6. The maximum absolute atomic E-state index is 13.1. The number of amides is 1. The van der Waals surface area contributed by atoms with E-state index in [9.17, 15) is 23.1 Å². The molecule has 2 aromatic heterocycles. The number of pyridine rings is 1. The highest BCUT2D eigenvalue weighted by molar-refractivity contribution is 9.10. The Bertz CT molecular complexity index is 1420. The summed E-state index contributed by atoms with van der Waals surface area (Å²) in [5, 5.41) is 11.6. The number of alkyl halides is 3. The number of H-pyrrole nitrogens is 1. The van der Waals surface area contributed by atoms with Crippen molar-refractivity contribution in [3.05, 3.63) is 94.4 Å². The van der Waals surface area contributed by atoms with Crippen LogP contribution in [0, 0.1) is 0 Å². The number of aromatic amines is 1. The molecule has 0 saturated heterocycles. The summed E-state index contributed by atoms with van der Waals surface area (Å²) < 4.78 is 45.0. The van der Waals surface area contributed by atoms with Crippen LogP contribution in [0.15, 0.2) is 77.5 Å². The Labute approximate surface area is 211 Å². The van der Waals surface area contributed by atoms with Crippen LogP contribution < -0.4 is 10.1 Å². The molecule has 0 aliphatic heterocycles. The van der Waals surface area contributed by atoms with Gasteiger partial charge in [-0.3, -0.25) is 9.78 Å². The monoisotopic (exact) mass is 558 g/mol. The zero-order valence-corrected chi connectivity index (χ0v) is 20.0. The number of imidazole rings is 1. The van der Waals surface area contributed by atoms with Gasteiger partial charge in [0.2, 0.25) is 5.91 Å². The lowest BCUT2D eigenvalue weighted by Gasteiger charge is -2.11. The molecule has 2 aromatic carbocycles. The predicted molar refractivity (Wildman–Crippen MR) is 131 cm³/mol. The first-order valence-electron chi connectivity index (χ1n) is 10.5. The Hall–Kier alpha value is -3.96. The van der Waals surface area contributed by atoms with Crippen molar-refractivity contribution in [1.82, 2.24) is 15.0 Å². The van der Waals surface area contributed by atoms with Gasteiger partial charge in [0.15, 0.2) is 5.82 Å². The average Bonchev–Trinajstić information content (AvgIpc) is 3.33. The highest BCUT2D eigenvalue weighted by Crippen LogP contribution is 2.36. The molecule has 11 heteroatoms. The summed E-state index contributed by atoms with van der Waals surface area (Å²) in [5.41, 5.74) is 0.870. The first-order chi connectivity index (χ1) is 17.2. The summed E-state index contributed by atoms with van der Waals surface area (Å²) in [6, 6.07) is 13.7. The van der Waals surface area contributed by atoms with E-state index in [2.05, 4.69) is 36.2 Å². The van der Waals surface area contributed by atoms with Gasteiger partial charge in [0.05, 0.1) is 24.1 Å². The summed E-state index contributed by atoms with van der Waals surface area (Å²) >= 11 is 2.87. The van der Waals surface area contributed by atoms with Gasteiger partial charge in [-0.1, -0.05) is 28.1 Å². The number of hydrogen-bond donors (Lipinski definition) is 3. The van der Waals surface area contributed by atoms with Gasteiger partial charge in [-0.05, 0) is 48.0 Å². The Morgan fingerprint density at radius 2 is 1.92 bits per heavy atom.